The lowest BCUT2D eigenvalue weighted by Crippen LogP contribution is -2.25. The van der Waals surface area contributed by atoms with Gasteiger partial charge in [-0.3, -0.25) is 9.48 Å². The summed E-state index contributed by atoms with van der Waals surface area (Å²) >= 11 is 6.15. The number of amides is 1. The highest BCUT2D eigenvalue weighted by Gasteiger charge is 2.18. The Hall–Kier alpha value is -2.01. The molecular formula is C17H22ClN3O2. The van der Waals surface area contributed by atoms with Crippen LogP contribution < -0.4 is 10.1 Å². The van der Waals surface area contributed by atoms with Crippen LogP contribution in [0.25, 0.3) is 0 Å². The molecule has 0 radical (unpaired) electrons. The van der Waals surface area contributed by atoms with Gasteiger partial charge in [-0.25, -0.2) is 0 Å². The van der Waals surface area contributed by atoms with E-state index < -0.39 is 0 Å². The summed E-state index contributed by atoms with van der Waals surface area (Å²) in [6, 6.07) is 5.68. The average Bonchev–Trinajstić information content (AvgIpc) is 2.74. The Balaban J connectivity index is 2.11. The molecule has 23 heavy (non-hydrogen) atoms. The summed E-state index contributed by atoms with van der Waals surface area (Å²) in [5, 5.41) is 7.94. The quantitative estimate of drug-likeness (QED) is 0.905. The third kappa shape index (κ3) is 3.85. The first-order valence-electron chi connectivity index (χ1n) is 7.48. The first-order valence-corrected chi connectivity index (χ1v) is 7.86. The third-order valence-corrected chi connectivity index (χ3v) is 4.35. The number of methoxy groups -OCH3 is 1. The number of benzene rings is 1. The molecule has 1 atom stereocenters. The van der Waals surface area contributed by atoms with Gasteiger partial charge in [-0.2, -0.15) is 5.10 Å². The van der Waals surface area contributed by atoms with Crippen molar-refractivity contribution in [3.05, 3.63) is 40.2 Å². The summed E-state index contributed by atoms with van der Waals surface area (Å²) < 4.78 is 7.06. The van der Waals surface area contributed by atoms with Gasteiger partial charge in [0.05, 0.1) is 41.7 Å². The normalized spacial score (nSPS) is 12.1. The lowest BCUT2D eigenvalue weighted by Gasteiger charge is -2.15. The van der Waals surface area contributed by atoms with Gasteiger partial charge >= 0.3 is 0 Å². The summed E-state index contributed by atoms with van der Waals surface area (Å²) in [5.41, 5.74) is 3.38. The summed E-state index contributed by atoms with van der Waals surface area (Å²) in [6.45, 7) is 8.06. The maximum Gasteiger partial charge on any atom is 0.229 e. The Labute approximate surface area is 141 Å². The van der Waals surface area contributed by atoms with Crippen LogP contribution in [0.4, 0.5) is 5.69 Å². The first-order chi connectivity index (χ1) is 10.8. The first kappa shape index (κ1) is 17.3. The van der Waals surface area contributed by atoms with Crippen molar-refractivity contribution in [3.8, 4) is 5.75 Å². The second kappa shape index (κ2) is 7.04. The molecule has 1 heterocycles. The number of anilines is 1. The molecule has 2 rings (SSSR count). The SMILES string of the molecule is COc1ccc(C)cc1NC(=O)C(C)Cn1nc(C)c(Cl)c1C. The van der Waals surface area contributed by atoms with Gasteiger partial charge < -0.3 is 10.1 Å². The molecule has 0 aliphatic carbocycles. The molecule has 6 heteroatoms. The van der Waals surface area contributed by atoms with Crippen LogP contribution in [0.5, 0.6) is 5.75 Å². The zero-order valence-electron chi connectivity index (χ0n) is 14.1. The molecule has 1 aromatic heterocycles. The number of carbonyl (C=O) groups excluding carboxylic acids is 1. The Morgan fingerprint density at radius 2 is 2.09 bits per heavy atom. The number of hydrogen-bond acceptors (Lipinski definition) is 3. The van der Waals surface area contributed by atoms with Gasteiger partial charge in [0, 0.05) is 0 Å². The van der Waals surface area contributed by atoms with Crippen molar-refractivity contribution in [2.75, 3.05) is 12.4 Å². The summed E-state index contributed by atoms with van der Waals surface area (Å²) in [4.78, 5) is 12.5. The van der Waals surface area contributed by atoms with Crippen molar-refractivity contribution in [1.82, 2.24) is 9.78 Å². The van der Waals surface area contributed by atoms with Gasteiger partial charge in [0.15, 0.2) is 0 Å². The zero-order valence-corrected chi connectivity index (χ0v) is 14.9. The third-order valence-electron chi connectivity index (χ3n) is 3.80. The highest BCUT2D eigenvalue weighted by molar-refractivity contribution is 6.31. The molecule has 1 aromatic carbocycles. The van der Waals surface area contributed by atoms with Gasteiger partial charge in [0.2, 0.25) is 5.91 Å². The zero-order chi connectivity index (χ0) is 17.1. The van der Waals surface area contributed by atoms with E-state index in [0.29, 0.717) is 23.0 Å². The second-order valence-corrected chi connectivity index (χ2v) is 6.14. The molecule has 1 unspecified atom stereocenters. The van der Waals surface area contributed by atoms with E-state index in [-0.39, 0.29) is 11.8 Å². The molecule has 0 saturated heterocycles. The predicted octanol–water partition coefficient (Wildman–Crippen LogP) is 3.75. The van der Waals surface area contributed by atoms with E-state index in [9.17, 15) is 4.79 Å². The van der Waals surface area contributed by atoms with Crippen LogP contribution in [-0.4, -0.2) is 22.8 Å². The molecule has 124 valence electrons. The van der Waals surface area contributed by atoms with E-state index in [4.69, 9.17) is 16.3 Å². The maximum absolute atomic E-state index is 12.5. The van der Waals surface area contributed by atoms with Crippen LogP contribution in [-0.2, 0) is 11.3 Å². The molecule has 0 aliphatic heterocycles. The van der Waals surface area contributed by atoms with E-state index in [0.717, 1.165) is 17.0 Å². The number of nitrogens with one attached hydrogen (secondary N) is 1. The van der Waals surface area contributed by atoms with E-state index in [1.807, 2.05) is 45.9 Å². The molecule has 5 nitrogen and oxygen atoms in total. The van der Waals surface area contributed by atoms with Crippen molar-refractivity contribution in [2.24, 2.45) is 5.92 Å². The highest BCUT2D eigenvalue weighted by atomic mass is 35.5. The average molecular weight is 336 g/mol. The molecule has 1 N–H and O–H groups in total. The van der Waals surface area contributed by atoms with Crippen LogP contribution in [0.3, 0.4) is 0 Å². The van der Waals surface area contributed by atoms with Crippen LogP contribution in [0.2, 0.25) is 5.02 Å². The van der Waals surface area contributed by atoms with Gasteiger partial charge in [0.1, 0.15) is 5.75 Å². The second-order valence-electron chi connectivity index (χ2n) is 5.76. The van der Waals surface area contributed by atoms with Crippen LogP contribution in [0, 0.1) is 26.7 Å². The van der Waals surface area contributed by atoms with E-state index >= 15 is 0 Å². The van der Waals surface area contributed by atoms with Gasteiger partial charge in [0.25, 0.3) is 0 Å². The number of hydrogen-bond donors (Lipinski definition) is 1. The van der Waals surface area contributed by atoms with Crippen LogP contribution in [0.15, 0.2) is 18.2 Å². The topological polar surface area (TPSA) is 56.1 Å². The Bertz CT molecular complexity index is 725. The lowest BCUT2D eigenvalue weighted by atomic mass is 10.1. The minimum absolute atomic E-state index is 0.0856. The fourth-order valence-electron chi connectivity index (χ4n) is 2.37. The minimum Gasteiger partial charge on any atom is -0.495 e. The number of aryl methyl sites for hydroxylation is 2. The summed E-state index contributed by atoms with van der Waals surface area (Å²) in [7, 11) is 1.58. The highest BCUT2D eigenvalue weighted by Crippen LogP contribution is 2.26. The van der Waals surface area contributed by atoms with Gasteiger partial charge in [-0.15, -0.1) is 0 Å². The molecule has 2 aromatic rings. The van der Waals surface area contributed by atoms with Gasteiger partial charge in [-0.05, 0) is 38.5 Å². The van der Waals surface area contributed by atoms with E-state index in [1.54, 1.807) is 11.8 Å². The summed E-state index contributed by atoms with van der Waals surface area (Å²) in [6.07, 6.45) is 0. The fraction of sp³-hybridized carbons (Fsp3) is 0.412. The minimum atomic E-state index is -0.255. The molecule has 0 spiro atoms. The number of nitrogens with zero attached hydrogens (tertiary/aromatic N) is 2. The smallest absolute Gasteiger partial charge is 0.229 e. The van der Waals surface area contributed by atoms with Gasteiger partial charge in [-0.1, -0.05) is 24.6 Å². The number of aromatic nitrogens is 2. The Morgan fingerprint density at radius 1 is 1.39 bits per heavy atom. The number of rotatable bonds is 5. The lowest BCUT2D eigenvalue weighted by molar-refractivity contribution is -0.119. The largest absolute Gasteiger partial charge is 0.495 e. The van der Waals surface area contributed by atoms with Crippen molar-refractivity contribution in [3.63, 3.8) is 0 Å². The number of halogens is 1. The van der Waals surface area contributed by atoms with Crippen molar-refractivity contribution in [2.45, 2.75) is 34.2 Å². The van der Waals surface area contributed by atoms with Crippen molar-refractivity contribution in [1.29, 1.82) is 0 Å². The molecule has 0 saturated carbocycles. The maximum atomic E-state index is 12.5. The van der Waals surface area contributed by atoms with Crippen LogP contribution in [0.1, 0.15) is 23.9 Å². The van der Waals surface area contributed by atoms with Crippen molar-refractivity contribution >= 4 is 23.2 Å². The molecule has 1 amide bonds. The monoisotopic (exact) mass is 335 g/mol. The van der Waals surface area contributed by atoms with Crippen molar-refractivity contribution < 1.29 is 9.53 Å². The summed E-state index contributed by atoms with van der Waals surface area (Å²) in [5.74, 6) is 0.303. The molecule has 0 bridgehead atoms. The van der Waals surface area contributed by atoms with E-state index in [1.165, 1.54) is 0 Å². The number of ether oxygens (including phenoxy) is 1. The standard InChI is InChI=1S/C17H22ClN3O2/c1-10-6-7-15(23-5)14(8-10)19-17(22)11(2)9-21-13(4)16(18)12(3)20-21/h6-8,11H,9H2,1-5H3,(H,19,22). The Morgan fingerprint density at radius 3 is 2.65 bits per heavy atom. The fourth-order valence-corrected chi connectivity index (χ4v) is 2.51. The predicted molar refractivity (Wildman–Crippen MR) is 92.2 cm³/mol. The Kier molecular flexibility index (Phi) is 5.31. The van der Waals surface area contributed by atoms with E-state index in [2.05, 4.69) is 10.4 Å². The van der Waals surface area contributed by atoms with Crippen LogP contribution >= 0.6 is 11.6 Å². The molecular weight excluding hydrogens is 314 g/mol. The molecule has 0 fully saturated rings. The molecule has 0 aliphatic rings. The number of carbonyl (C=O) groups is 1.